The van der Waals surface area contributed by atoms with E-state index < -0.39 is 5.97 Å². The van der Waals surface area contributed by atoms with Crippen LogP contribution in [-0.2, 0) is 0 Å². The average molecular weight is 322 g/mol. The van der Waals surface area contributed by atoms with E-state index in [1.165, 1.54) is 18.2 Å². The molecule has 0 atom stereocenters. The Morgan fingerprint density at radius 3 is 2.61 bits per heavy atom. The molecule has 6 heteroatoms. The topological polar surface area (TPSA) is 76.7 Å². The number of hydrogen-bond acceptors (Lipinski definition) is 4. The van der Waals surface area contributed by atoms with E-state index in [0.717, 1.165) is 6.42 Å². The minimum absolute atomic E-state index is 0. The Morgan fingerprint density at radius 1 is 1.13 bits per heavy atom. The summed E-state index contributed by atoms with van der Waals surface area (Å²) in [7, 11) is 0. The van der Waals surface area contributed by atoms with Gasteiger partial charge in [-0.3, -0.25) is 4.79 Å². The van der Waals surface area contributed by atoms with Gasteiger partial charge in [-0.1, -0.05) is 6.92 Å². The summed E-state index contributed by atoms with van der Waals surface area (Å²) < 4.78 is 11.2. The van der Waals surface area contributed by atoms with Gasteiger partial charge >= 0.3 is 35.5 Å². The first-order valence-corrected chi connectivity index (χ1v) is 6.97. The molecule has 1 heterocycles. The van der Waals surface area contributed by atoms with Crippen LogP contribution >= 0.6 is 0 Å². The number of carbonyl (C=O) groups is 1. The third-order valence-electron chi connectivity index (χ3n) is 3.36. The van der Waals surface area contributed by atoms with Gasteiger partial charge < -0.3 is 14.3 Å². The van der Waals surface area contributed by atoms with E-state index >= 15 is 0 Å². The number of fused-ring (bicyclic) bond motifs is 2. The minimum atomic E-state index is -1.06. The summed E-state index contributed by atoms with van der Waals surface area (Å²) >= 11 is 0. The Hall–Kier alpha value is -1.82. The van der Waals surface area contributed by atoms with Crippen LogP contribution < -0.4 is 10.2 Å². The van der Waals surface area contributed by atoms with Crippen molar-refractivity contribution < 1.29 is 19.1 Å². The summed E-state index contributed by atoms with van der Waals surface area (Å²) in [5.41, 5.74) is 0.552. The van der Waals surface area contributed by atoms with E-state index in [1.54, 1.807) is 18.2 Å². The monoisotopic (exact) mass is 322 g/mol. The van der Waals surface area contributed by atoms with Gasteiger partial charge in [0.2, 0.25) is 5.43 Å². The standard InChI is InChI=1S/C17H14O5.Na.H/c1-2-7-21-11-4-6-14-13(9-11)16(18)12-5-3-10(17(19)20)8-15(12)22-14;;/h3-6,8-9H,2,7H2,1H3,(H,19,20);;. The quantitative estimate of drug-likeness (QED) is 0.590. The predicted octanol–water partition coefficient (Wildman–Crippen LogP) is 2.78. The van der Waals surface area contributed by atoms with Crippen LogP contribution in [0.1, 0.15) is 23.7 Å². The van der Waals surface area contributed by atoms with Crippen molar-refractivity contribution in [2.24, 2.45) is 0 Å². The van der Waals surface area contributed by atoms with Crippen LogP contribution in [0.15, 0.2) is 45.6 Å². The van der Waals surface area contributed by atoms with Crippen molar-refractivity contribution >= 4 is 57.5 Å². The van der Waals surface area contributed by atoms with Crippen molar-refractivity contribution in [2.45, 2.75) is 13.3 Å². The van der Waals surface area contributed by atoms with Gasteiger partial charge in [0.25, 0.3) is 0 Å². The SMILES string of the molecule is CCCOc1ccc2oc3cc(C(=O)O)ccc3c(=O)c2c1.[NaH]. The fraction of sp³-hybridized carbons (Fsp3) is 0.176. The number of carboxylic acids is 1. The van der Waals surface area contributed by atoms with E-state index in [4.69, 9.17) is 14.3 Å². The van der Waals surface area contributed by atoms with Gasteiger partial charge in [-0.05, 0) is 42.8 Å². The molecule has 0 aliphatic rings. The number of hydrogen-bond donors (Lipinski definition) is 1. The molecule has 2 aromatic carbocycles. The first-order chi connectivity index (χ1) is 10.6. The zero-order valence-electron chi connectivity index (χ0n) is 12.0. The Labute approximate surface area is 154 Å². The Morgan fingerprint density at radius 2 is 1.91 bits per heavy atom. The van der Waals surface area contributed by atoms with Crippen LogP contribution in [0.2, 0.25) is 0 Å². The van der Waals surface area contributed by atoms with Crippen LogP contribution in [0.25, 0.3) is 21.9 Å². The molecule has 1 N–H and O–H groups in total. The van der Waals surface area contributed by atoms with Crippen molar-refractivity contribution in [3.05, 3.63) is 52.2 Å². The summed E-state index contributed by atoms with van der Waals surface area (Å²) in [5.74, 6) is -0.448. The third-order valence-corrected chi connectivity index (χ3v) is 3.36. The molecular formula is C17H15NaO5. The molecule has 23 heavy (non-hydrogen) atoms. The predicted molar refractivity (Wildman–Crippen MR) is 89.9 cm³/mol. The van der Waals surface area contributed by atoms with Crippen LogP contribution in [0.5, 0.6) is 5.75 Å². The van der Waals surface area contributed by atoms with Crippen LogP contribution in [0.3, 0.4) is 0 Å². The van der Waals surface area contributed by atoms with E-state index in [9.17, 15) is 9.59 Å². The first-order valence-electron chi connectivity index (χ1n) is 6.97. The zero-order valence-corrected chi connectivity index (χ0v) is 12.0. The normalized spacial score (nSPS) is 10.5. The molecule has 0 aliphatic heterocycles. The number of ether oxygens (including phenoxy) is 1. The van der Waals surface area contributed by atoms with E-state index in [2.05, 4.69) is 0 Å². The van der Waals surface area contributed by atoms with Crippen molar-refractivity contribution in [3.8, 4) is 5.75 Å². The second-order valence-corrected chi connectivity index (χ2v) is 4.95. The fourth-order valence-corrected chi connectivity index (χ4v) is 2.28. The molecule has 3 aromatic rings. The number of aromatic carboxylic acids is 1. The molecule has 0 radical (unpaired) electrons. The van der Waals surface area contributed by atoms with Gasteiger partial charge in [0.05, 0.1) is 22.9 Å². The van der Waals surface area contributed by atoms with Gasteiger partial charge in [-0.25, -0.2) is 4.79 Å². The molecule has 3 rings (SSSR count). The Balaban J connectivity index is 0.00000192. The van der Waals surface area contributed by atoms with Gasteiger partial charge in [-0.15, -0.1) is 0 Å². The second kappa shape index (κ2) is 7.17. The number of rotatable bonds is 4. The van der Waals surface area contributed by atoms with Crippen LogP contribution in [0, 0.1) is 0 Å². The summed E-state index contributed by atoms with van der Waals surface area (Å²) in [5, 5.41) is 9.78. The van der Waals surface area contributed by atoms with Gasteiger partial charge in [0.15, 0.2) is 0 Å². The van der Waals surface area contributed by atoms with Crippen molar-refractivity contribution in [3.63, 3.8) is 0 Å². The summed E-state index contributed by atoms with van der Waals surface area (Å²) in [6, 6.07) is 9.28. The van der Waals surface area contributed by atoms with Crippen molar-refractivity contribution in [2.75, 3.05) is 6.61 Å². The average Bonchev–Trinajstić information content (AvgIpc) is 2.52. The molecule has 0 unspecified atom stereocenters. The molecule has 0 fully saturated rings. The Kier molecular flexibility index (Phi) is 5.46. The van der Waals surface area contributed by atoms with Crippen molar-refractivity contribution in [1.29, 1.82) is 0 Å². The van der Waals surface area contributed by atoms with Gasteiger partial charge in [0.1, 0.15) is 16.9 Å². The summed E-state index contributed by atoms with van der Waals surface area (Å²) in [4.78, 5) is 23.5. The molecule has 0 saturated carbocycles. The first kappa shape index (κ1) is 17.5. The van der Waals surface area contributed by atoms with Crippen LogP contribution in [-0.4, -0.2) is 47.2 Å². The molecule has 5 nitrogen and oxygen atoms in total. The Bertz CT molecular complexity index is 929. The number of benzene rings is 2. The molecule has 0 aliphatic carbocycles. The summed E-state index contributed by atoms with van der Waals surface area (Å²) in [6.45, 7) is 2.58. The molecule has 0 saturated heterocycles. The van der Waals surface area contributed by atoms with E-state index in [0.29, 0.717) is 28.7 Å². The van der Waals surface area contributed by atoms with Crippen LogP contribution in [0.4, 0.5) is 0 Å². The van der Waals surface area contributed by atoms with Crippen molar-refractivity contribution in [1.82, 2.24) is 0 Å². The van der Waals surface area contributed by atoms with Gasteiger partial charge in [0, 0.05) is 0 Å². The maximum absolute atomic E-state index is 12.5. The maximum atomic E-state index is 12.5. The molecule has 1 aromatic heterocycles. The molecule has 114 valence electrons. The second-order valence-electron chi connectivity index (χ2n) is 4.95. The third kappa shape index (κ3) is 3.42. The molecule has 0 amide bonds. The summed E-state index contributed by atoms with van der Waals surface area (Å²) in [6.07, 6.45) is 0.877. The fourth-order valence-electron chi connectivity index (χ4n) is 2.28. The van der Waals surface area contributed by atoms with E-state index in [1.807, 2.05) is 6.92 Å². The molecular weight excluding hydrogens is 307 g/mol. The zero-order chi connectivity index (χ0) is 15.7. The molecule has 0 bridgehead atoms. The van der Waals surface area contributed by atoms with E-state index in [-0.39, 0.29) is 46.1 Å². The molecule has 0 spiro atoms. The van der Waals surface area contributed by atoms with Gasteiger partial charge in [-0.2, -0.15) is 0 Å². The number of carboxylic acid groups (broad SMARTS) is 1.